The van der Waals surface area contributed by atoms with E-state index in [2.05, 4.69) is 31.0 Å². The number of phenolic OH excluding ortho intramolecular Hbond substituents is 1. The van der Waals surface area contributed by atoms with Gasteiger partial charge in [-0.05, 0) is 111 Å². The van der Waals surface area contributed by atoms with Crippen molar-refractivity contribution in [3.8, 4) is 11.5 Å². The van der Waals surface area contributed by atoms with Crippen LogP contribution in [0.25, 0.3) is 0 Å². The Labute approximate surface area is 516 Å². The summed E-state index contributed by atoms with van der Waals surface area (Å²) in [6.07, 6.45) is 7.01. The molecule has 0 spiro atoms. The van der Waals surface area contributed by atoms with Gasteiger partial charge in [0, 0.05) is 40.3 Å². The second-order valence-corrected chi connectivity index (χ2v) is 17.0. The Balaban J connectivity index is 0.000000991. The molecule has 1 N–H and O–H groups in total. The van der Waals surface area contributed by atoms with Gasteiger partial charge in [-0.2, -0.15) is 8.42 Å². The van der Waals surface area contributed by atoms with E-state index in [1.165, 1.54) is 44.3 Å². The molecule has 0 radical (unpaired) electrons. The number of likely N-dealkylation sites (tertiary alicyclic amines) is 2. The van der Waals surface area contributed by atoms with Crippen molar-refractivity contribution in [1.82, 2.24) is 19.6 Å². The number of hydrogen-bond donors (Lipinski definition) is 1. The van der Waals surface area contributed by atoms with Crippen molar-refractivity contribution in [2.45, 2.75) is 51.7 Å². The first-order valence-corrected chi connectivity index (χ1v) is 23.5. The van der Waals surface area contributed by atoms with Gasteiger partial charge in [0.25, 0.3) is 16.6 Å². The van der Waals surface area contributed by atoms with Crippen LogP contribution < -0.4 is 148 Å². The first-order valence-electron chi connectivity index (χ1n) is 21.7. The standard InChI is InChI=1S/C23H30N2O3.C17H19NO3.C7H15NO3S.CH2O3.2Cs.H/c1-24(23(26)28-19-21-7-3-2-4-8-21)16-13-20-9-11-22(12-10-20)27-18-17-25-14-5-6-15-25;1-18(12-11-14-7-9-16(19)10-8-14)17(20)21-13-15-5-3-2-4-6-15;1-12(9,10)11-7-6-8-4-2-3-5-8;2-1-4-3;;;/h2-4,7-12H,5-6,13-19H2,1H3;2-10,19H,11-13H2,1H3;2-7H2,1H3;1,3H;;;/q;;;;2*+1;-1/p-1. The van der Waals surface area contributed by atoms with Crippen LogP contribution in [0.2, 0.25) is 0 Å². The van der Waals surface area contributed by atoms with E-state index in [0.29, 0.717) is 26.3 Å². The average molecular weight is 1190 g/mol. The maximum Gasteiger partial charge on any atom is 1.00 e. The van der Waals surface area contributed by atoms with Crippen LogP contribution in [0.1, 0.15) is 49.4 Å². The average Bonchev–Trinajstić information content (AvgIpc) is 4.06. The number of rotatable bonds is 19. The monoisotopic (exact) mass is 1190 g/mol. The van der Waals surface area contributed by atoms with E-state index in [9.17, 15) is 23.1 Å². The van der Waals surface area contributed by atoms with E-state index in [1.54, 1.807) is 36.0 Å². The molecule has 2 amide bonds. The van der Waals surface area contributed by atoms with Crippen LogP contribution in [0.15, 0.2) is 109 Å². The zero-order valence-corrected chi connectivity index (χ0v) is 53.2. The second-order valence-electron chi connectivity index (χ2n) is 15.4. The molecule has 0 bridgehead atoms. The number of nitrogens with zero attached hydrogens (tertiary/aromatic N) is 4. The summed E-state index contributed by atoms with van der Waals surface area (Å²) in [5.74, 6) is 1.15. The van der Waals surface area contributed by atoms with Crippen molar-refractivity contribution in [2.24, 2.45) is 0 Å². The minimum atomic E-state index is -3.24. The molecule has 19 heteroatoms. The van der Waals surface area contributed by atoms with Gasteiger partial charge in [0.2, 0.25) is 0 Å². The van der Waals surface area contributed by atoms with Gasteiger partial charge >= 0.3 is 150 Å². The Hall–Kier alpha value is -1.62. The van der Waals surface area contributed by atoms with Gasteiger partial charge in [-0.3, -0.25) is 13.9 Å². The summed E-state index contributed by atoms with van der Waals surface area (Å²) < 4.78 is 42.2. The summed E-state index contributed by atoms with van der Waals surface area (Å²) in [6.45, 7) is 8.88. The summed E-state index contributed by atoms with van der Waals surface area (Å²) in [4.78, 5) is 43.0. The molecule has 6 rings (SSSR count). The van der Waals surface area contributed by atoms with Gasteiger partial charge in [-0.1, -0.05) is 84.9 Å². The maximum absolute atomic E-state index is 12.1. The molecule has 4 aromatic rings. The number of likely N-dealkylation sites (N-methyl/N-ethyl adjacent to an activating group) is 2. The molecule has 16 nitrogen and oxygen atoms in total. The molecule has 0 aromatic heterocycles. The third-order valence-corrected chi connectivity index (χ3v) is 10.8. The smallest absolute Gasteiger partial charge is 1.00 e. The SMILES string of the molecule is CN(CCc1ccc(O)cc1)C(=O)OCc1ccccc1.CN(CCc1ccc(OCCN2CCCC2)cc1)C(=O)OCc1ccccc1.CS(=O)(=O)OCCN1CCCC1.O=CO[O-].[Cs+].[Cs+].[H-]. The topological polar surface area (TPSA) is 188 Å². The third-order valence-electron chi connectivity index (χ3n) is 10.2. The van der Waals surface area contributed by atoms with E-state index in [1.807, 2.05) is 84.9 Å². The van der Waals surface area contributed by atoms with Gasteiger partial charge in [0.15, 0.2) is 0 Å². The quantitative estimate of drug-likeness (QED) is 0.0563. The molecular formula is C48H66Cs2N4O12S. The van der Waals surface area contributed by atoms with Crippen molar-refractivity contribution >= 4 is 28.8 Å². The number of hydrogen-bond acceptors (Lipinski definition) is 14. The Bertz CT molecular complexity index is 2020. The zero-order chi connectivity index (χ0) is 47.1. The zero-order valence-electron chi connectivity index (χ0n) is 40.8. The molecule has 2 fully saturated rings. The fourth-order valence-electron chi connectivity index (χ4n) is 6.47. The van der Waals surface area contributed by atoms with Crippen LogP contribution in [-0.2, 0) is 59.5 Å². The number of carbonyl (C=O) groups is 3. The van der Waals surface area contributed by atoms with Crippen LogP contribution in [0.5, 0.6) is 11.5 Å². The predicted molar refractivity (Wildman–Crippen MR) is 246 cm³/mol. The first kappa shape index (κ1) is 63.4. The second kappa shape index (κ2) is 38.1. The maximum atomic E-state index is 12.1. The summed E-state index contributed by atoms with van der Waals surface area (Å²) in [7, 11) is 0.241. The van der Waals surface area contributed by atoms with E-state index < -0.39 is 10.1 Å². The number of ether oxygens (including phenoxy) is 3. The van der Waals surface area contributed by atoms with E-state index in [4.69, 9.17) is 24.3 Å². The number of amides is 2. The molecule has 0 aliphatic carbocycles. The van der Waals surface area contributed by atoms with Crippen molar-refractivity contribution in [2.75, 3.05) is 85.9 Å². The summed E-state index contributed by atoms with van der Waals surface area (Å²) >= 11 is 0. The van der Waals surface area contributed by atoms with Gasteiger partial charge in [-0.25, -0.2) is 9.59 Å². The minimum Gasteiger partial charge on any atom is -1.00 e. The largest absolute Gasteiger partial charge is 1.00 e. The Morgan fingerprint density at radius 3 is 1.43 bits per heavy atom. The molecule has 4 aromatic carbocycles. The Kier molecular flexibility index (Phi) is 36.1. The number of phenols is 1. The Morgan fingerprint density at radius 1 is 0.657 bits per heavy atom. The molecule has 2 aliphatic rings. The van der Waals surface area contributed by atoms with Crippen molar-refractivity contribution in [3.05, 3.63) is 131 Å². The summed E-state index contributed by atoms with van der Waals surface area (Å²) in [5.41, 5.74) is 4.20. The number of benzene rings is 4. The van der Waals surface area contributed by atoms with E-state index in [-0.39, 0.29) is 170 Å². The van der Waals surface area contributed by atoms with Gasteiger partial charge in [0.1, 0.15) is 31.3 Å². The normalized spacial score (nSPS) is 13.0. The van der Waals surface area contributed by atoms with Crippen LogP contribution in [0.3, 0.4) is 0 Å². The number of carbonyl (C=O) groups excluding carboxylic acids is 3. The number of aromatic hydroxyl groups is 1. The molecule has 0 unspecified atom stereocenters. The van der Waals surface area contributed by atoms with Crippen molar-refractivity contribution in [1.29, 1.82) is 0 Å². The van der Waals surface area contributed by atoms with Gasteiger partial charge < -0.3 is 45.6 Å². The molecular weight excluding hydrogens is 1120 g/mol. The van der Waals surface area contributed by atoms with E-state index in [0.717, 1.165) is 74.3 Å². The fraction of sp³-hybridized carbons (Fsp3) is 0.438. The van der Waals surface area contributed by atoms with Crippen LogP contribution in [0, 0.1) is 0 Å². The van der Waals surface area contributed by atoms with Crippen LogP contribution >= 0.6 is 0 Å². The van der Waals surface area contributed by atoms with Crippen molar-refractivity contribution < 1.29 is 196 Å². The summed E-state index contributed by atoms with van der Waals surface area (Å²) in [6, 6.07) is 34.4. The molecule has 358 valence electrons. The van der Waals surface area contributed by atoms with Gasteiger partial charge in [0.05, 0.1) is 12.9 Å². The predicted octanol–water partition coefficient (Wildman–Crippen LogP) is -0.211. The van der Waals surface area contributed by atoms with E-state index >= 15 is 0 Å². The molecule has 2 saturated heterocycles. The van der Waals surface area contributed by atoms with Crippen molar-refractivity contribution in [3.63, 3.8) is 0 Å². The minimum absolute atomic E-state index is 0. The fourth-order valence-corrected chi connectivity index (χ4v) is 6.85. The van der Waals surface area contributed by atoms with Crippen LogP contribution in [0.4, 0.5) is 9.59 Å². The van der Waals surface area contributed by atoms with Crippen LogP contribution in [-0.4, -0.2) is 138 Å². The third kappa shape index (κ3) is 30.7. The Morgan fingerprint density at radius 2 is 1.04 bits per heavy atom. The first-order chi connectivity index (χ1) is 31.3. The molecule has 2 heterocycles. The summed E-state index contributed by atoms with van der Waals surface area (Å²) in [5, 5.41) is 17.6. The molecule has 67 heavy (non-hydrogen) atoms. The molecule has 0 saturated carbocycles. The molecule has 2 aliphatic heterocycles. The molecule has 0 atom stereocenters. The van der Waals surface area contributed by atoms with Gasteiger partial charge in [-0.15, -0.1) is 0 Å².